The fourth-order valence-corrected chi connectivity index (χ4v) is 5.10. The minimum Gasteiger partial charge on any atom is -0.495 e. The van der Waals surface area contributed by atoms with Gasteiger partial charge in [-0.25, -0.2) is 23.6 Å². The van der Waals surface area contributed by atoms with Gasteiger partial charge in [0.15, 0.2) is 5.13 Å². The molecule has 10 nitrogen and oxygen atoms in total. The minimum atomic E-state index is -3.93. The Kier molecular flexibility index (Phi) is 9.57. The van der Waals surface area contributed by atoms with E-state index >= 15 is 0 Å². The summed E-state index contributed by atoms with van der Waals surface area (Å²) in [7, 11) is -2.55. The number of hydrogen-bond acceptors (Lipinski definition) is 8. The van der Waals surface area contributed by atoms with Crippen LogP contribution in [0.4, 0.5) is 5.13 Å². The summed E-state index contributed by atoms with van der Waals surface area (Å²) in [4.78, 5) is 28.1. The largest absolute Gasteiger partial charge is 0.495 e. The fraction of sp³-hybridized carbons (Fsp3) is 0.450. The van der Waals surface area contributed by atoms with Crippen LogP contribution in [0.1, 0.15) is 44.7 Å². The van der Waals surface area contributed by atoms with E-state index in [-0.39, 0.29) is 35.9 Å². The van der Waals surface area contributed by atoms with E-state index < -0.39 is 15.9 Å². The smallest absolute Gasteiger partial charge is 0.244 e. The van der Waals surface area contributed by atoms with Gasteiger partial charge in [-0.2, -0.15) is 0 Å². The molecule has 0 aliphatic rings. The van der Waals surface area contributed by atoms with Crippen LogP contribution in [0.5, 0.6) is 5.75 Å². The van der Waals surface area contributed by atoms with Crippen molar-refractivity contribution in [1.82, 2.24) is 15.2 Å². The highest BCUT2D eigenvalue weighted by molar-refractivity contribution is 7.89. The molecule has 176 valence electrons. The van der Waals surface area contributed by atoms with Crippen molar-refractivity contribution >= 4 is 38.3 Å². The number of methoxy groups -OCH3 is 1. The van der Waals surface area contributed by atoms with Crippen molar-refractivity contribution in [3.05, 3.63) is 23.9 Å². The third-order valence-electron chi connectivity index (χ3n) is 4.51. The number of sulfonamides is 1. The van der Waals surface area contributed by atoms with Crippen LogP contribution in [0, 0.1) is 6.92 Å². The summed E-state index contributed by atoms with van der Waals surface area (Å²) in [6.45, 7) is 3.81. The summed E-state index contributed by atoms with van der Waals surface area (Å²) in [5.41, 5.74) is 2.78. The summed E-state index contributed by atoms with van der Waals surface area (Å²) >= 11 is 1.27. The Morgan fingerprint density at radius 3 is 2.56 bits per heavy atom. The van der Waals surface area contributed by atoms with Crippen molar-refractivity contribution < 1.29 is 28.0 Å². The number of aryl methyl sites for hydroxylation is 1. The molecular formula is C20H28N4O6S2. The molecule has 0 unspecified atom stereocenters. The number of hydrogen-bond donors (Lipinski definition) is 4. The maximum atomic E-state index is 12.8. The van der Waals surface area contributed by atoms with Gasteiger partial charge in [0.25, 0.3) is 0 Å². The lowest BCUT2D eigenvalue weighted by atomic mass is 10.1. The lowest BCUT2D eigenvalue weighted by molar-refractivity contribution is -0.129. The molecule has 0 fully saturated rings. The van der Waals surface area contributed by atoms with Gasteiger partial charge in [0.2, 0.25) is 21.8 Å². The van der Waals surface area contributed by atoms with E-state index in [9.17, 15) is 18.0 Å². The fourth-order valence-electron chi connectivity index (χ4n) is 2.85. The normalized spacial score (nSPS) is 11.2. The number of thiazole rings is 1. The van der Waals surface area contributed by atoms with E-state index in [4.69, 9.17) is 9.94 Å². The van der Waals surface area contributed by atoms with E-state index in [1.165, 1.54) is 30.0 Å². The Labute approximate surface area is 191 Å². The third kappa shape index (κ3) is 6.99. The maximum absolute atomic E-state index is 12.8. The second-order valence-electron chi connectivity index (χ2n) is 6.99. The van der Waals surface area contributed by atoms with Crippen molar-refractivity contribution in [2.24, 2.45) is 0 Å². The number of carbonyl (C=O) groups excluding carboxylic acids is 2. The van der Waals surface area contributed by atoms with Crippen molar-refractivity contribution in [2.75, 3.05) is 19.0 Å². The average Bonchev–Trinajstić information content (AvgIpc) is 3.14. The van der Waals surface area contributed by atoms with E-state index in [1.807, 2.05) is 6.92 Å². The second-order valence-corrected chi connectivity index (χ2v) is 9.72. The number of rotatable bonds is 12. The quantitative estimate of drug-likeness (QED) is 0.206. The van der Waals surface area contributed by atoms with Gasteiger partial charge in [0.05, 0.1) is 17.7 Å². The van der Waals surface area contributed by atoms with Gasteiger partial charge < -0.3 is 10.1 Å². The van der Waals surface area contributed by atoms with Crippen LogP contribution >= 0.6 is 11.3 Å². The first-order valence-electron chi connectivity index (χ1n) is 10.1. The zero-order valence-electron chi connectivity index (χ0n) is 18.2. The Hall–Kier alpha value is -2.54. The Morgan fingerprint density at radius 1 is 1.19 bits per heavy atom. The molecular weight excluding hydrogens is 456 g/mol. The third-order valence-corrected chi connectivity index (χ3v) is 7.12. The van der Waals surface area contributed by atoms with Gasteiger partial charge in [0, 0.05) is 19.4 Å². The van der Waals surface area contributed by atoms with Gasteiger partial charge in [-0.05, 0) is 43.5 Å². The highest BCUT2D eigenvalue weighted by Crippen LogP contribution is 2.36. The van der Waals surface area contributed by atoms with Crippen LogP contribution in [0.25, 0.3) is 10.4 Å². The molecule has 12 heteroatoms. The van der Waals surface area contributed by atoms with E-state index in [0.29, 0.717) is 22.8 Å². The molecule has 0 bridgehead atoms. The number of aromatic nitrogens is 1. The summed E-state index contributed by atoms with van der Waals surface area (Å²) in [6, 6.07) is 4.78. The monoisotopic (exact) mass is 484 g/mol. The molecule has 1 heterocycles. The molecule has 32 heavy (non-hydrogen) atoms. The second kappa shape index (κ2) is 11.9. The molecule has 2 amide bonds. The number of ether oxygens (including phenoxy) is 1. The van der Waals surface area contributed by atoms with Crippen LogP contribution in [-0.4, -0.2) is 44.1 Å². The zero-order chi connectivity index (χ0) is 23.7. The molecule has 0 spiro atoms. The van der Waals surface area contributed by atoms with Crippen LogP contribution in [-0.2, 0) is 19.6 Å². The van der Waals surface area contributed by atoms with Gasteiger partial charge in [-0.1, -0.05) is 24.7 Å². The van der Waals surface area contributed by atoms with E-state index in [0.717, 1.165) is 17.7 Å². The number of amides is 2. The molecule has 0 aliphatic carbocycles. The highest BCUT2D eigenvalue weighted by atomic mass is 32.2. The zero-order valence-corrected chi connectivity index (χ0v) is 19.9. The molecule has 0 saturated carbocycles. The number of unbranched alkanes of at least 4 members (excludes halogenated alkanes) is 1. The molecule has 0 radical (unpaired) electrons. The summed E-state index contributed by atoms with van der Waals surface area (Å²) in [6.07, 6.45) is 2.31. The van der Waals surface area contributed by atoms with Crippen LogP contribution in [0.3, 0.4) is 0 Å². The number of carbonyl (C=O) groups is 2. The first-order chi connectivity index (χ1) is 15.2. The standard InChI is InChI=1S/C20H28N4O6S2/c1-4-5-7-17(25)23-20-22-13(2)19(31-20)14-9-10-15(30-3)16(12-14)32(28,29)21-11-6-8-18(26)24-27/h9-10,12,21,27H,4-8,11H2,1-3H3,(H,24,26)(H,22,23,25). The number of benzene rings is 1. The van der Waals surface area contributed by atoms with E-state index in [1.54, 1.807) is 19.1 Å². The number of anilines is 1. The predicted octanol–water partition coefficient (Wildman–Crippen LogP) is 2.82. The van der Waals surface area contributed by atoms with Gasteiger partial charge in [0.1, 0.15) is 10.6 Å². The highest BCUT2D eigenvalue weighted by Gasteiger charge is 2.22. The predicted molar refractivity (Wildman–Crippen MR) is 121 cm³/mol. The molecule has 1 aromatic carbocycles. The summed E-state index contributed by atoms with van der Waals surface area (Å²) in [5, 5.41) is 11.8. The molecule has 0 aliphatic heterocycles. The molecule has 2 rings (SSSR count). The van der Waals surface area contributed by atoms with Crippen LogP contribution in [0.2, 0.25) is 0 Å². The van der Waals surface area contributed by atoms with Crippen molar-refractivity contribution in [3.8, 4) is 16.2 Å². The number of nitrogens with one attached hydrogen (secondary N) is 3. The summed E-state index contributed by atoms with van der Waals surface area (Å²) < 4.78 is 33.3. The molecule has 0 saturated heterocycles. The lowest BCUT2D eigenvalue weighted by Crippen LogP contribution is -2.27. The topological polar surface area (TPSA) is 147 Å². The molecule has 0 atom stereocenters. The summed E-state index contributed by atoms with van der Waals surface area (Å²) in [5.74, 6) is -0.532. The van der Waals surface area contributed by atoms with Crippen LogP contribution < -0.4 is 20.3 Å². The van der Waals surface area contributed by atoms with Gasteiger partial charge in [-0.15, -0.1) is 0 Å². The average molecular weight is 485 g/mol. The Bertz CT molecular complexity index is 1050. The molecule has 1 aromatic heterocycles. The molecule has 4 N–H and O–H groups in total. The number of hydroxylamine groups is 1. The van der Waals surface area contributed by atoms with Crippen molar-refractivity contribution in [1.29, 1.82) is 0 Å². The number of nitrogens with zero attached hydrogens (tertiary/aromatic N) is 1. The minimum absolute atomic E-state index is 0.0106. The first-order valence-corrected chi connectivity index (χ1v) is 12.4. The Morgan fingerprint density at radius 2 is 1.91 bits per heavy atom. The SMILES string of the molecule is CCCCC(=O)Nc1nc(C)c(-c2ccc(OC)c(S(=O)(=O)NCCCC(=O)NO)c2)s1. The van der Waals surface area contributed by atoms with Crippen LogP contribution in [0.15, 0.2) is 23.1 Å². The lowest BCUT2D eigenvalue weighted by Gasteiger charge is -2.12. The Balaban J connectivity index is 2.24. The maximum Gasteiger partial charge on any atom is 0.244 e. The van der Waals surface area contributed by atoms with E-state index in [2.05, 4.69) is 15.0 Å². The van der Waals surface area contributed by atoms with Gasteiger partial charge >= 0.3 is 0 Å². The van der Waals surface area contributed by atoms with Gasteiger partial charge in [-0.3, -0.25) is 14.8 Å². The van der Waals surface area contributed by atoms with Crippen molar-refractivity contribution in [2.45, 2.75) is 50.8 Å². The first kappa shape index (κ1) is 25.7. The van der Waals surface area contributed by atoms with Crippen molar-refractivity contribution in [3.63, 3.8) is 0 Å². The molecule has 2 aromatic rings.